The molecule has 1 spiro atoms. The van der Waals surface area contributed by atoms with E-state index in [-0.39, 0.29) is 26.1 Å². The predicted octanol–water partition coefficient (Wildman–Crippen LogP) is 2.24. The van der Waals surface area contributed by atoms with Crippen molar-refractivity contribution >= 4 is 16.1 Å². The molecule has 1 N–H and O–H groups in total. The van der Waals surface area contributed by atoms with Gasteiger partial charge < -0.3 is 14.8 Å². The number of carbonyl (C=O) groups excluding carboxylic acids is 1. The van der Waals surface area contributed by atoms with Crippen LogP contribution in [0, 0.1) is 0 Å². The van der Waals surface area contributed by atoms with E-state index < -0.39 is 38.7 Å². The fourth-order valence-corrected chi connectivity index (χ4v) is 4.77. The number of benzene rings is 1. The van der Waals surface area contributed by atoms with Crippen LogP contribution in [0.5, 0.6) is 5.75 Å². The molecule has 2 saturated heterocycles. The fourth-order valence-electron chi connectivity index (χ4n) is 3.18. The Kier molecular flexibility index (Phi) is 4.78. The van der Waals surface area contributed by atoms with Crippen LogP contribution in [0.4, 0.5) is 18.0 Å². The molecule has 7 nitrogen and oxygen atoms in total. The van der Waals surface area contributed by atoms with Gasteiger partial charge in [-0.25, -0.2) is 13.2 Å². The summed E-state index contributed by atoms with van der Waals surface area (Å²) >= 11 is 0. The Labute approximate surface area is 148 Å². The second kappa shape index (κ2) is 6.62. The SMILES string of the molecule is O=C1NCC2(CCCN(S(=O)(=O)c3ccccc3OC(F)(F)F)CC2)O1. The molecule has 11 heteroatoms. The standard InChI is InChI=1S/C15H17F3N2O5S/c16-15(17,18)24-11-4-1-2-5-12(11)26(22,23)20-8-3-6-14(7-9-20)10-19-13(21)25-14/h1-2,4-5H,3,6-10H2,(H,19,21). The number of carbonyl (C=O) groups is 1. The molecule has 2 fully saturated rings. The number of alkyl carbamates (subject to hydrolysis) is 1. The second-order valence-corrected chi connectivity index (χ2v) is 8.08. The van der Waals surface area contributed by atoms with E-state index in [0.717, 1.165) is 16.4 Å². The molecule has 1 amide bonds. The van der Waals surface area contributed by atoms with Crippen LogP contribution in [0.15, 0.2) is 29.2 Å². The van der Waals surface area contributed by atoms with Gasteiger partial charge in [0.15, 0.2) is 0 Å². The highest BCUT2D eigenvalue weighted by molar-refractivity contribution is 7.89. The minimum Gasteiger partial charge on any atom is -0.441 e. The van der Waals surface area contributed by atoms with Crippen LogP contribution in [-0.4, -0.2) is 50.4 Å². The molecule has 1 unspecified atom stereocenters. The van der Waals surface area contributed by atoms with Gasteiger partial charge in [0.25, 0.3) is 0 Å². The number of sulfonamides is 1. The summed E-state index contributed by atoms with van der Waals surface area (Å²) in [5, 5.41) is 2.55. The number of rotatable bonds is 3. The lowest BCUT2D eigenvalue weighted by molar-refractivity contribution is -0.275. The number of para-hydroxylation sites is 1. The van der Waals surface area contributed by atoms with Crippen molar-refractivity contribution in [2.45, 2.75) is 36.1 Å². The Hall–Kier alpha value is -2.01. The topological polar surface area (TPSA) is 84.9 Å². The van der Waals surface area contributed by atoms with Crippen molar-refractivity contribution in [3.8, 4) is 5.75 Å². The van der Waals surface area contributed by atoms with Crippen molar-refractivity contribution in [1.29, 1.82) is 0 Å². The fraction of sp³-hybridized carbons (Fsp3) is 0.533. The van der Waals surface area contributed by atoms with Gasteiger partial charge in [0.1, 0.15) is 16.2 Å². The summed E-state index contributed by atoms with van der Waals surface area (Å²) in [4.78, 5) is 10.8. The molecule has 2 aliphatic rings. The third-order valence-corrected chi connectivity index (χ3v) is 6.35. The minimum absolute atomic E-state index is 0.0254. The molecule has 0 radical (unpaired) electrons. The van der Waals surface area contributed by atoms with Gasteiger partial charge in [-0.1, -0.05) is 12.1 Å². The summed E-state index contributed by atoms with van der Waals surface area (Å²) in [5.41, 5.74) is -0.774. The predicted molar refractivity (Wildman–Crippen MR) is 82.9 cm³/mol. The summed E-state index contributed by atoms with van der Waals surface area (Å²) in [6.45, 7) is 0.424. The summed E-state index contributed by atoms with van der Waals surface area (Å²) < 4.78 is 73.7. The van der Waals surface area contributed by atoms with Gasteiger partial charge in [-0.2, -0.15) is 4.31 Å². The Morgan fingerprint density at radius 1 is 1.19 bits per heavy atom. The zero-order valence-corrected chi connectivity index (χ0v) is 14.4. The molecule has 3 rings (SSSR count). The van der Waals surface area contributed by atoms with Gasteiger partial charge in [-0.15, -0.1) is 13.2 Å². The molecule has 0 aromatic heterocycles. The molecular formula is C15H17F3N2O5S. The molecule has 2 heterocycles. The van der Waals surface area contributed by atoms with E-state index in [4.69, 9.17) is 4.74 Å². The monoisotopic (exact) mass is 394 g/mol. The molecule has 0 saturated carbocycles. The number of ether oxygens (including phenoxy) is 2. The molecule has 1 aromatic rings. The first kappa shape index (κ1) is 18.8. The number of alkyl halides is 3. The van der Waals surface area contributed by atoms with Gasteiger partial charge in [0, 0.05) is 19.5 Å². The average molecular weight is 394 g/mol. The number of hydrogen-bond donors (Lipinski definition) is 1. The Bertz CT molecular complexity index is 799. The summed E-state index contributed by atoms with van der Waals surface area (Å²) in [5.74, 6) is -0.770. The maximum Gasteiger partial charge on any atom is 0.573 e. The number of halogens is 3. The van der Waals surface area contributed by atoms with Crippen molar-refractivity contribution in [1.82, 2.24) is 9.62 Å². The molecule has 2 aliphatic heterocycles. The number of hydrogen-bond acceptors (Lipinski definition) is 5. The minimum atomic E-state index is -5.00. The summed E-state index contributed by atoms with van der Waals surface area (Å²) in [7, 11) is -4.20. The van der Waals surface area contributed by atoms with E-state index in [9.17, 15) is 26.4 Å². The Morgan fingerprint density at radius 2 is 1.92 bits per heavy atom. The lowest BCUT2D eigenvalue weighted by Gasteiger charge is -2.25. The maximum absolute atomic E-state index is 12.9. The van der Waals surface area contributed by atoms with Crippen molar-refractivity contribution in [2.24, 2.45) is 0 Å². The zero-order chi connectivity index (χ0) is 19.0. The van der Waals surface area contributed by atoms with Gasteiger partial charge in [-0.05, 0) is 25.0 Å². The van der Waals surface area contributed by atoms with Crippen LogP contribution in [0.2, 0.25) is 0 Å². The van der Waals surface area contributed by atoms with Crippen molar-refractivity contribution in [2.75, 3.05) is 19.6 Å². The quantitative estimate of drug-likeness (QED) is 0.850. The first-order valence-corrected chi connectivity index (χ1v) is 9.37. The number of nitrogens with one attached hydrogen (secondary N) is 1. The molecule has 1 aromatic carbocycles. The second-order valence-electron chi connectivity index (χ2n) is 6.18. The van der Waals surface area contributed by atoms with Gasteiger partial charge in [0.05, 0.1) is 6.54 Å². The zero-order valence-electron chi connectivity index (χ0n) is 13.6. The normalized spacial score (nSPS) is 24.8. The van der Waals surface area contributed by atoms with Crippen LogP contribution in [-0.2, 0) is 14.8 Å². The summed E-state index contributed by atoms with van der Waals surface area (Å²) in [6.07, 6.45) is -4.41. The Balaban J connectivity index is 1.84. The maximum atomic E-state index is 12.9. The van der Waals surface area contributed by atoms with E-state index >= 15 is 0 Å². The van der Waals surface area contributed by atoms with Gasteiger partial charge >= 0.3 is 12.5 Å². The lowest BCUT2D eigenvalue weighted by Crippen LogP contribution is -2.36. The largest absolute Gasteiger partial charge is 0.573 e. The third kappa shape index (κ3) is 3.88. The molecule has 0 bridgehead atoms. The highest BCUT2D eigenvalue weighted by Crippen LogP contribution is 2.34. The Morgan fingerprint density at radius 3 is 2.58 bits per heavy atom. The van der Waals surface area contributed by atoms with Crippen LogP contribution in [0.3, 0.4) is 0 Å². The number of amides is 1. The van der Waals surface area contributed by atoms with Crippen LogP contribution in [0.25, 0.3) is 0 Å². The van der Waals surface area contributed by atoms with Crippen molar-refractivity contribution in [3.63, 3.8) is 0 Å². The highest BCUT2D eigenvalue weighted by Gasteiger charge is 2.43. The van der Waals surface area contributed by atoms with Gasteiger partial charge in [0.2, 0.25) is 10.0 Å². The van der Waals surface area contributed by atoms with E-state index in [0.29, 0.717) is 12.8 Å². The molecular weight excluding hydrogens is 377 g/mol. The van der Waals surface area contributed by atoms with E-state index in [1.165, 1.54) is 12.1 Å². The van der Waals surface area contributed by atoms with Crippen LogP contribution in [0.1, 0.15) is 19.3 Å². The lowest BCUT2D eigenvalue weighted by atomic mass is 9.95. The summed E-state index contributed by atoms with van der Waals surface area (Å²) in [6, 6.07) is 4.63. The molecule has 0 aliphatic carbocycles. The van der Waals surface area contributed by atoms with Gasteiger partial charge in [-0.3, -0.25) is 0 Å². The van der Waals surface area contributed by atoms with E-state index in [2.05, 4.69) is 10.1 Å². The molecule has 1 atom stereocenters. The first-order valence-electron chi connectivity index (χ1n) is 7.93. The van der Waals surface area contributed by atoms with Crippen molar-refractivity contribution in [3.05, 3.63) is 24.3 Å². The molecule has 26 heavy (non-hydrogen) atoms. The third-order valence-electron chi connectivity index (χ3n) is 4.41. The first-order chi connectivity index (χ1) is 12.1. The average Bonchev–Trinajstić information content (AvgIpc) is 2.76. The van der Waals surface area contributed by atoms with Crippen LogP contribution >= 0.6 is 0 Å². The molecule has 144 valence electrons. The van der Waals surface area contributed by atoms with E-state index in [1.807, 2.05) is 0 Å². The highest BCUT2D eigenvalue weighted by atomic mass is 32.2. The van der Waals surface area contributed by atoms with Crippen molar-refractivity contribution < 1.29 is 35.9 Å². The number of nitrogens with zero attached hydrogens (tertiary/aromatic N) is 1. The smallest absolute Gasteiger partial charge is 0.441 e. The van der Waals surface area contributed by atoms with E-state index in [1.54, 1.807) is 0 Å². The van der Waals surface area contributed by atoms with Crippen LogP contribution < -0.4 is 10.1 Å².